The van der Waals surface area contributed by atoms with Crippen molar-refractivity contribution >= 4 is 22.9 Å². The van der Waals surface area contributed by atoms with E-state index in [4.69, 9.17) is 9.72 Å². The van der Waals surface area contributed by atoms with Crippen LogP contribution in [-0.4, -0.2) is 71.6 Å². The lowest BCUT2D eigenvalue weighted by atomic mass is 10.1. The number of fused-ring (bicyclic) bond motifs is 1. The molecule has 1 amide bonds. The first kappa shape index (κ1) is 23.0. The van der Waals surface area contributed by atoms with Gasteiger partial charge in [-0.2, -0.15) is 0 Å². The molecule has 1 fully saturated rings. The molecule has 1 aliphatic rings. The highest BCUT2D eigenvalue weighted by molar-refractivity contribution is 5.90. The number of carbonyl (C=O) groups is 1. The van der Waals surface area contributed by atoms with Gasteiger partial charge < -0.3 is 19.5 Å². The molecule has 176 valence electrons. The quantitative estimate of drug-likeness (QED) is 0.583. The Hall–Kier alpha value is -3.14. The molecule has 10 nitrogen and oxygen atoms in total. The largest absolute Gasteiger partial charge is 0.372 e. The lowest BCUT2D eigenvalue weighted by Gasteiger charge is -2.37. The molecule has 3 aromatic heterocycles. The van der Waals surface area contributed by atoms with E-state index in [-0.39, 0.29) is 18.1 Å². The number of nitrogens with zero attached hydrogens (tertiary/aromatic N) is 7. The fraction of sp³-hybridized carbons (Fsp3) is 0.565. The molecule has 1 saturated heterocycles. The number of imidazole rings is 1. The van der Waals surface area contributed by atoms with Crippen molar-refractivity contribution in [3.05, 3.63) is 24.5 Å². The van der Waals surface area contributed by atoms with Crippen LogP contribution in [0.2, 0.25) is 0 Å². The van der Waals surface area contributed by atoms with Crippen molar-refractivity contribution in [3.63, 3.8) is 0 Å². The van der Waals surface area contributed by atoms with Crippen LogP contribution in [0.15, 0.2) is 18.7 Å². The molecule has 4 rings (SSSR count). The minimum Gasteiger partial charge on any atom is -0.372 e. The summed E-state index contributed by atoms with van der Waals surface area (Å²) >= 11 is 0. The number of aromatic nitrogens is 6. The number of ether oxygens (including phenoxy) is 1. The summed E-state index contributed by atoms with van der Waals surface area (Å²) < 4.78 is 7.81. The molecule has 4 heterocycles. The number of morpholine rings is 1. The van der Waals surface area contributed by atoms with Crippen molar-refractivity contribution in [2.24, 2.45) is 0 Å². The predicted molar refractivity (Wildman–Crippen MR) is 126 cm³/mol. The van der Waals surface area contributed by atoms with Crippen molar-refractivity contribution in [1.82, 2.24) is 34.4 Å². The third kappa shape index (κ3) is 4.80. The van der Waals surface area contributed by atoms with E-state index in [1.54, 1.807) is 12.4 Å². The molecule has 33 heavy (non-hydrogen) atoms. The van der Waals surface area contributed by atoms with Gasteiger partial charge in [-0.25, -0.2) is 24.9 Å². The summed E-state index contributed by atoms with van der Waals surface area (Å²) in [6.45, 7) is 11.8. The number of anilines is 1. The maximum absolute atomic E-state index is 13.4. The highest BCUT2D eigenvalue weighted by Gasteiger charge is 2.31. The Kier molecular flexibility index (Phi) is 6.83. The average Bonchev–Trinajstić information content (AvgIpc) is 3.17. The van der Waals surface area contributed by atoms with Crippen LogP contribution in [0.4, 0.5) is 5.82 Å². The van der Waals surface area contributed by atoms with Gasteiger partial charge in [0.05, 0.1) is 17.8 Å². The Bertz CT molecular complexity index is 1100. The van der Waals surface area contributed by atoms with Crippen LogP contribution in [0.25, 0.3) is 22.6 Å². The van der Waals surface area contributed by atoms with Crippen LogP contribution >= 0.6 is 0 Å². The number of hydrogen-bond donors (Lipinski definition) is 1. The van der Waals surface area contributed by atoms with Gasteiger partial charge in [-0.15, -0.1) is 0 Å². The molecular weight excluding hydrogens is 420 g/mol. The third-order valence-electron chi connectivity index (χ3n) is 5.81. The maximum atomic E-state index is 13.4. The van der Waals surface area contributed by atoms with Crippen molar-refractivity contribution in [2.45, 2.75) is 72.3 Å². The standard InChI is InChI=1S/C23H32N8O2/c1-6-8-18(23(32)30-11-14(3)33-15(4)12-30)28-20-19-22(27-13-26-20)31(7-2)21(29-19)17-9-24-16(5)25-10-17/h9-10,13-15,18H,6-8,11-12H2,1-5H3,(H,26,27,28)/t14?,15?,18-/m0/s1. The Morgan fingerprint density at radius 1 is 1.15 bits per heavy atom. The third-order valence-corrected chi connectivity index (χ3v) is 5.81. The number of amides is 1. The fourth-order valence-electron chi connectivity index (χ4n) is 4.36. The zero-order valence-corrected chi connectivity index (χ0v) is 19.9. The number of nitrogens with one attached hydrogen (secondary N) is 1. The SMILES string of the molecule is CCC[C@H](Nc1ncnc2c1nc(-c1cnc(C)nc1)n2CC)C(=O)N1CC(C)OC(C)C1. The smallest absolute Gasteiger partial charge is 0.245 e. The first-order chi connectivity index (χ1) is 15.9. The number of hydrogen-bond acceptors (Lipinski definition) is 8. The van der Waals surface area contributed by atoms with Crippen LogP contribution in [0.3, 0.4) is 0 Å². The topological polar surface area (TPSA) is 111 Å². The summed E-state index contributed by atoms with van der Waals surface area (Å²) in [6.07, 6.45) is 6.64. The molecule has 3 aromatic rings. The Morgan fingerprint density at radius 2 is 1.85 bits per heavy atom. The molecule has 0 spiro atoms. The second-order valence-electron chi connectivity index (χ2n) is 8.58. The number of aryl methyl sites for hydroxylation is 2. The minimum absolute atomic E-state index is 0.0188. The van der Waals surface area contributed by atoms with Crippen LogP contribution in [0, 0.1) is 6.92 Å². The van der Waals surface area contributed by atoms with E-state index in [1.165, 1.54) is 6.33 Å². The van der Waals surface area contributed by atoms with Gasteiger partial charge in [0.2, 0.25) is 5.91 Å². The van der Waals surface area contributed by atoms with E-state index in [2.05, 4.69) is 32.2 Å². The van der Waals surface area contributed by atoms with Gasteiger partial charge in [-0.05, 0) is 34.1 Å². The summed E-state index contributed by atoms with van der Waals surface area (Å²) in [6, 6.07) is -0.400. The number of carbonyl (C=O) groups excluding carboxylic acids is 1. The zero-order chi connectivity index (χ0) is 23.5. The van der Waals surface area contributed by atoms with Gasteiger partial charge in [0, 0.05) is 32.0 Å². The molecule has 0 aliphatic carbocycles. The van der Waals surface area contributed by atoms with Crippen LogP contribution in [-0.2, 0) is 16.1 Å². The van der Waals surface area contributed by atoms with Gasteiger partial charge in [0.25, 0.3) is 0 Å². The predicted octanol–water partition coefficient (Wildman–Crippen LogP) is 2.83. The molecule has 0 aromatic carbocycles. The van der Waals surface area contributed by atoms with E-state index in [0.717, 1.165) is 17.8 Å². The molecule has 3 atom stereocenters. The number of rotatable bonds is 7. The summed E-state index contributed by atoms with van der Waals surface area (Å²) in [7, 11) is 0. The maximum Gasteiger partial charge on any atom is 0.245 e. The van der Waals surface area contributed by atoms with Crippen molar-refractivity contribution in [2.75, 3.05) is 18.4 Å². The first-order valence-electron chi connectivity index (χ1n) is 11.6. The highest BCUT2D eigenvalue weighted by atomic mass is 16.5. The Labute approximate surface area is 193 Å². The molecule has 1 N–H and O–H groups in total. The van der Waals surface area contributed by atoms with Crippen molar-refractivity contribution in [1.29, 1.82) is 0 Å². The minimum atomic E-state index is -0.400. The van der Waals surface area contributed by atoms with Gasteiger partial charge in [-0.1, -0.05) is 13.3 Å². The summed E-state index contributed by atoms with van der Waals surface area (Å²) in [5.74, 6) is 2.05. The summed E-state index contributed by atoms with van der Waals surface area (Å²) in [4.78, 5) is 37.7. The van der Waals surface area contributed by atoms with Crippen LogP contribution in [0.5, 0.6) is 0 Å². The second kappa shape index (κ2) is 9.78. The Balaban J connectivity index is 1.68. The highest BCUT2D eigenvalue weighted by Crippen LogP contribution is 2.27. The van der Waals surface area contributed by atoms with Gasteiger partial charge in [-0.3, -0.25) is 4.79 Å². The van der Waals surface area contributed by atoms with Crippen molar-refractivity contribution in [3.8, 4) is 11.4 Å². The second-order valence-corrected chi connectivity index (χ2v) is 8.58. The lowest BCUT2D eigenvalue weighted by Crippen LogP contribution is -2.52. The van der Waals surface area contributed by atoms with Gasteiger partial charge in [0.1, 0.15) is 24.0 Å². The zero-order valence-electron chi connectivity index (χ0n) is 19.9. The molecule has 2 unspecified atom stereocenters. The normalized spacial score (nSPS) is 19.6. The van der Waals surface area contributed by atoms with Crippen LogP contribution < -0.4 is 5.32 Å². The molecule has 10 heteroatoms. The van der Waals surface area contributed by atoms with E-state index in [0.29, 0.717) is 48.9 Å². The summed E-state index contributed by atoms with van der Waals surface area (Å²) in [5.41, 5.74) is 2.15. The summed E-state index contributed by atoms with van der Waals surface area (Å²) in [5, 5.41) is 3.38. The Morgan fingerprint density at radius 3 is 2.48 bits per heavy atom. The first-order valence-corrected chi connectivity index (χ1v) is 11.6. The van der Waals surface area contributed by atoms with E-state index in [9.17, 15) is 4.79 Å². The van der Waals surface area contributed by atoms with Crippen molar-refractivity contribution < 1.29 is 9.53 Å². The molecule has 0 radical (unpaired) electrons. The fourth-order valence-corrected chi connectivity index (χ4v) is 4.36. The molecule has 1 aliphatic heterocycles. The average molecular weight is 453 g/mol. The monoisotopic (exact) mass is 452 g/mol. The van der Waals surface area contributed by atoms with Crippen LogP contribution in [0.1, 0.15) is 46.4 Å². The van der Waals surface area contributed by atoms with Gasteiger partial charge in [0.15, 0.2) is 17.0 Å². The molecule has 0 saturated carbocycles. The lowest BCUT2D eigenvalue weighted by molar-refractivity contribution is -0.144. The van der Waals surface area contributed by atoms with E-state index >= 15 is 0 Å². The van der Waals surface area contributed by atoms with E-state index < -0.39 is 6.04 Å². The molecule has 0 bridgehead atoms. The van der Waals surface area contributed by atoms with E-state index in [1.807, 2.05) is 37.2 Å². The molecular formula is C23H32N8O2. The van der Waals surface area contributed by atoms with Gasteiger partial charge >= 0.3 is 0 Å².